The Hall–Kier alpha value is -2.70. The average molecular weight is 427 g/mol. The van der Waals surface area contributed by atoms with Gasteiger partial charge in [-0.1, -0.05) is 40.2 Å². The highest BCUT2D eigenvalue weighted by atomic mass is 79.9. The summed E-state index contributed by atoms with van der Waals surface area (Å²) in [5.41, 5.74) is 1.28. The number of carbonyl (C=O) groups is 2. The van der Waals surface area contributed by atoms with Crippen LogP contribution in [0.15, 0.2) is 70.2 Å². The zero-order chi connectivity index (χ0) is 18.1. The molecule has 2 aromatic carbocycles. The Morgan fingerprint density at radius 2 is 1.96 bits per heavy atom. The standard InChI is InChI=1S/C20H11BrO4S/c21-15-5-2-1-4-12(15)10-17-19(22)14-8-7-13(11-16(14)25-17)24-20(23)18-6-3-9-26-18/h1-11H. The van der Waals surface area contributed by atoms with Crippen molar-refractivity contribution in [2.24, 2.45) is 0 Å². The van der Waals surface area contributed by atoms with Gasteiger partial charge in [0.25, 0.3) is 0 Å². The first-order valence-electron chi connectivity index (χ1n) is 7.70. The number of ketones is 1. The summed E-state index contributed by atoms with van der Waals surface area (Å²) in [7, 11) is 0. The van der Waals surface area contributed by atoms with Crippen molar-refractivity contribution in [3.05, 3.63) is 86.2 Å². The molecule has 0 radical (unpaired) electrons. The van der Waals surface area contributed by atoms with Crippen LogP contribution < -0.4 is 9.47 Å². The molecule has 1 aliphatic heterocycles. The van der Waals surface area contributed by atoms with Gasteiger partial charge >= 0.3 is 5.97 Å². The van der Waals surface area contributed by atoms with E-state index < -0.39 is 5.97 Å². The van der Waals surface area contributed by atoms with Gasteiger partial charge in [0.2, 0.25) is 5.78 Å². The second kappa shape index (κ2) is 6.90. The number of benzene rings is 2. The number of rotatable bonds is 3. The zero-order valence-corrected chi connectivity index (χ0v) is 15.7. The predicted octanol–water partition coefficient (Wildman–Crippen LogP) is 5.35. The highest BCUT2D eigenvalue weighted by Gasteiger charge is 2.28. The molecule has 0 unspecified atom stereocenters. The van der Waals surface area contributed by atoms with Crippen LogP contribution in [0.5, 0.6) is 11.5 Å². The molecule has 128 valence electrons. The second-order valence-corrected chi connectivity index (χ2v) is 7.29. The number of hydrogen-bond acceptors (Lipinski definition) is 5. The lowest BCUT2D eigenvalue weighted by atomic mass is 10.1. The first-order valence-corrected chi connectivity index (χ1v) is 9.37. The SMILES string of the molecule is O=C(Oc1ccc2c(c1)OC(=Cc1ccccc1Br)C2=O)c1cccs1. The molecule has 2 heterocycles. The third-order valence-electron chi connectivity index (χ3n) is 3.77. The van der Waals surface area contributed by atoms with Crippen LogP contribution in [0.2, 0.25) is 0 Å². The monoisotopic (exact) mass is 426 g/mol. The summed E-state index contributed by atoms with van der Waals surface area (Å²) < 4.78 is 11.9. The maximum atomic E-state index is 12.5. The minimum absolute atomic E-state index is 0.202. The molecule has 4 nitrogen and oxygen atoms in total. The molecule has 0 aliphatic carbocycles. The van der Waals surface area contributed by atoms with Crippen LogP contribution in [0.25, 0.3) is 6.08 Å². The maximum Gasteiger partial charge on any atom is 0.353 e. The van der Waals surface area contributed by atoms with Crippen molar-refractivity contribution in [1.29, 1.82) is 0 Å². The lowest BCUT2D eigenvalue weighted by molar-refractivity contribution is 0.0739. The number of ether oxygens (including phenoxy) is 2. The van der Waals surface area contributed by atoms with Crippen molar-refractivity contribution >= 4 is 45.1 Å². The van der Waals surface area contributed by atoms with Crippen molar-refractivity contribution in [3.63, 3.8) is 0 Å². The Morgan fingerprint density at radius 1 is 1.12 bits per heavy atom. The summed E-state index contributed by atoms with van der Waals surface area (Å²) in [6.45, 7) is 0. The molecule has 3 aromatic rings. The molecule has 0 amide bonds. The third-order valence-corrected chi connectivity index (χ3v) is 5.34. The number of carbonyl (C=O) groups excluding carboxylic acids is 2. The van der Waals surface area contributed by atoms with E-state index in [1.165, 1.54) is 11.3 Å². The van der Waals surface area contributed by atoms with E-state index in [9.17, 15) is 9.59 Å². The summed E-state index contributed by atoms with van der Waals surface area (Å²) in [5, 5.41) is 1.81. The fourth-order valence-electron chi connectivity index (χ4n) is 2.52. The van der Waals surface area contributed by atoms with Gasteiger partial charge in [-0.25, -0.2) is 4.79 Å². The molecule has 6 heteroatoms. The molecule has 0 atom stereocenters. The van der Waals surface area contributed by atoms with Crippen LogP contribution in [0, 0.1) is 0 Å². The summed E-state index contributed by atoms with van der Waals surface area (Å²) in [4.78, 5) is 25.1. The first-order chi connectivity index (χ1) is 12.6. The van der Waals surface area contributed by atoms with Crippen LogP contribution in [0.3, 0.4) is 0 Å². The Morgan fingerprint density at radius 3 is 2.73 bits per heavy atom. The van der Waals surface area contributed by atoms with E-state index in [1.807, 2.05) is 24.3 Å². The minimum Gasteiger partial charge on any atom is -0.452 e. The summed E-state index contributed by atoms with van der Waals surface area (Å²) in [6.07, 6.45) is 1.68. The number of allylic oxidation sites excluding steroid dienone is 1. The van der Waals surface area contributed by atoms with Crippen molar-refractivity contribution in [1.82, 2.24) is 0 Å². The van der Waals surface area contributed by atoms with Crippen LogP contribution >= 0.6 is 27.3 Å². The largest absolute Gasteiger partial charge is 0.452 e. The molecule has 0 saturated carbocycles. The Bertz CT molecular complexity index is 1040. The molecule has 4 rings (SSSR count). The number of thiophene rings is 1. The fourth-order valence-corrected chi connectivity index (χ4v) is 3.51. The molecule has 0 spiro atoms. The highest BCUT2D eigenvalue weighted by Crippen LogP contribution is 2.35. The van der Waals surface area contributed by atoms with Gasteiger partial charge in [-0.3, -0.25) is 4.79 Å². The zero-order valence-electron chi connectivity index (χ0n) is 13.3. The minimum atomic E-state index is -0.437. The second-order valence-electron chi connectivity index (χ2n) is 5.49. The van der Waals surface area contributed by atoms with Gasteiger partial charge < -0.3 is 9.47 Å². The maximum absolute atomic E-state index is 12.5. The van der Waals surface area contributed by atoms with E-state index in [4.69, 9.17) is 9.47 Å². The number of hydrogen-bond donors (Lipinski definition) is 0. The van der Waals surface area contributed by atoms with E-state index >= 15 is 0 Å². The normalized spacial score (nSPS) is 14.2. The molecule has 1 aromatic heterocycles. The van der Waals surface area contributed by atoms with Crippen molar-refractivity contribution in [3.8, 4) is 11.5 Å². The number of fused-ring (bicyclic) bond motifs is 1. The fraction of sp³-hybridized carbons (Fsp3) is 0. The molecule has 1 aliphatic rings. The van der Waals surface area contributed by atoms with Crippen LogP contribution in [-0.4, -0.2) is 11.8 Å². The van der Waals surface area contributed by atoms with Gasteiger partial charge in [-0.2, -0.15) is 0 Å². The van der Waals surface area contributed by atoms with Gasteiger partial charge in [0, 0.05) is 10.5 Å². The van der Waals surface area contributed by atoms with Crippen LogP contribution in [0.4, 0.5) is 0 Å². The Labute approximate surface area is 161 Å². The average Bonchev–Trinajstić information content (AvgIpc) is 3.26. The smallest absolute Gasteiger partial charge is 0.353 e. The van der Waals surface area contributed by atoms with E-state index in [0.717, 1.165) is 10.0 Å². The Balaban J connectivity index is 1.59. The van der Waals surface area contributed by atoms with E-state index in [1.54, 1.807) is 41.8 Å². The summed E-state index contributed by atoms with van der Waals surface area (Å²) in [5.74, 6) is 0.302. The van der Waals surface area contributed by atoms with Crippen molar-refractivity contribution in [2.75, 3.05) is 0 Å². The van der Waals surface area contributed by atoms with Gasteiger partial charge in [-0.15, -0.1) is 11.3 Å². The number of esters is 1. The lowest BCUT2D eigenvalue weighted by Crippen LogP contribution is -2.06. The van der Waals surface area contributed by atoms with Gasteiger partial charge in [0.05, 0.1) is 5.56 Å². The van der Waals surface area contributed by atoms with Gasteiger partial charge in [0.15, 0.2) is 5.76 Å². The summed E-state index contributed by atoms with van der Waals surface area (Å²) >= 11 is 4.75. The highest BCUT2D eigenvalue weighted by molar-refractivity contribution is 9.10. The van der Waals surface area contributed by atoms with Crippen molar-refractivity contribution < 1.29 is 19.1 Å². The van der Waals surface area contributed by atoms with E-state index in [0.29, 0.717) is 21.9 Å². The molecule has 0 fully saturated rings. The van der Waals surface area contributed by atoms with E-state index in [-0.39, 0.29) is 11.5 Å². The number of halogens is 1. The van der Waals surface area contributed by atoms with Gasteiger partial charge in [-0.05, 0) is 41.3 Å². The lowest BCUT2D eigenvalue weighted by Gasteiger charge is -2.04. The molecular formula is C20H11BrO4S. The molecular weight excluding hydrogens is 416 g/mol. The van der Waals surface area contributed by atoms with Gasteiger partial charge in [0.1, 0.15) is 16.4 Å². The quantitative estimate of drug-likeness (QED) is 0.322. The van der Waals surface area contributed by atoms with Crippen LogP contribution in [-0.2, 0) is 0 Å². The topological polar surface area (TPSA) is 52.6 Å². The predicted molar refractivity (Wildman–Crippen MR) is 103 cm³/mol. The molecule has 26 heavy (non-hydrogen) atoms. The molecule has 0 bridgehead atoms. The van der Waals surface area contributed by atoms with E-state index in [2.05, 4.69) is 15.9 Å². The Kier molecular flexibility index (Phi) is 4.44. The third kappa shape index (κ3) is 3.21. The van der Waals surface area contributed by atoms with Crippen molar-refractivity contribution in [2.45, 2.75) is 0 Å². The molecule has 0 saturated heterocycles. The van der Waals surface area contributed by atoms with Crippen LogP contribution in [0.1, 0.15) is 25.6 Å². The number of Topliss-reactive ketones (excluding diaryl/α,β-unsaturated/α-hetero) is 1. The molecule has 0 N–H and O–H groups in total. The first kappa shape index (κ1) is 16.8. The summed E-state index contributed by atoms with van der Waals surface area (Å²) in [6, 6.07) is 15.8.